The minimum atomic E-state index is -3.74. The molecule has 1 saturated carbocycles. The highest BCUT2D eigenvalue weighted by molar-refractivity contribution is 7.86. The summed E-state index contributed by atoms with van der Waals surface area (Å²) in [5, 5.41) is 8.90. The van der Waals surface area contributed by atoms with Gasteiger partial charge in [-0.05, 0) is 45.2 Å². The summed E-state index contributed by atoms with van der Waals surface area (Å²) in [4.78, 5) is 0.212. The number of aryl methyl sites for hydroxylation is 2. The first-order valence-corrected chi connectivity index (χ1v) is 7.58. The van der Waals surface area contributed by atoms with Crippen molar-refractivity contribution in [2.45, 2.75) is 44.6 Å². The third-order valence-corrected chi connectivity index (χ3v) is 5.01. The van der Waals surface area contributed by atoms with Crippen LogP contribution in [0, 0.1) is 30.6 Å². The minimum Gasteiger partial charge on any atom is -0.263 e. The first-order chi connectivity index (χ1) is 8.76. The van der Waals surface area contributed by atoms with Crippen molar-refractivity contribution in [1.29, 1.82) is 5.26 Å². The minimum absolute atomic E-state index is 0.212. The van der Waals surface area contributed by atoms with Crippen LogP contribution in [0.1, 0.15) is 30.9 Å². The van der Waals surface area contributed by atoms with E-state index >= 15 is 0 Å². The Kier molecular flexibility index (Phi) is 3.41. The van der Waals surface area contributed by atoms with Crippen LogP contribution in [0.4, 0.5) is 0 Å². The normalized spacial score (nSPS) is 26.5. The summed E-state index contributed by atoms with van der Waals surface area (Å²) in [5.74, 6) is 0. The number of nitriles is 1. The zero-order valence-electron chi connectivity index (χ0n) is 11.3. The van der Waals surface area contributed by atoms with Crippen LogP contribution >= 0.6 is 0 Å². The highest BCUT2D eigenvalue weighted by atomic mass is 32.2. The van der Waals surface area contributed by atoms with Crippen LogP contribution in [0.25, 0.3) is 0 Å². The lowest BCUT2D eigenvalue weighted by molar-refractivity contribution is 0.0393. The van der Waals surface area contributed by atoms with Crippen LogP contribution in [-0.4, -0.2) is 14.5 Å². The van der Waals surface area contributed by atoms with Gasteiger partial charge in [0.2, 0.25) is 0 Å². The van der Waals surface area contributed by atoms with Gasteiger partial charge in [0.15, 0.2) is 0 Å². The first-order valence-electron chi connectivity index (χ1n) is 6.18. The van der Waals surface area contributed by atoms with Crippen LogP contribution in [0.5, 0.6) is 0 Å². The fraction of sp³-hybridized carbons (Fsp3) is 0.500. The molecule has 0 spiro atoms. The topological polar surface area (TPSA) is 67.2 Å². The molecule has 0 bridgehead atoms. The standard InChI is InChI=1S/C14H17NO3S/c1-10-4-5-13(11(2)6-10)19(16,17)18-12-7-14(3,8-12)9-15/h4-6,12H,7-8H2,1-3H3. The molecule has 0 aromatic heterocycles. The van der Waals surface area contributed by atoms with E-state index in [0.717, 1.165) is 5.56 Å². The van der Waals surface area contributed by atoms with Gasteiger partial charge in [0.1, 0.15) is 0 Å². The average Bonchev–Trinajstić information content (AvgIpc) is 2.25. The number of nitrogens with zero attached hydrogens (tertiary/aromatic N) is 1. The van der Waals surface area contributed by atoms with Crippen molar-refractivity contribution >= 4 is 10.1 Å². The van der Waals surface area contributed by atoms with Gasteiger partial charge in [0.05, 0.1) is 22.5 Å². The Hall–Kier alpha value is -1.38. The molecule has 0 atom stereocenters. The van der Waals surface area contributed by atoms with E-state index in [1.807, 2.05) is 19.9 Å². The molecule has 0 saturated heterocycles. The maximum Gasteiger partial charge on any atom is 0.297 e. The van der Waals surface area contributed by atoms with Crippen molar-refractivity contribution in [3.05, 3.63) is 29.3 Å². The second kappa shape index (κ2) is 4.62. The van der Waals surface area contributed by atoms with E-state index in [4.69, 9.17) is 9.44 Å². The summed E-state index contributed by atoms with van der Waals surface area (Å²) in [5.41, 5.74) is 1.25. The van der Waals surface area contributed by atoms with Crippen LogP contribution < -0.4 is 0 Å². The smallest absolute Gasteiger partial charge is 0.263 e. The fourth-order valence-electron chi connectivity index (χ4n) is 2.42. The Morgan fingerprint density at radius 2 is 2.00 bits per heavy atom. The lowest BCUT2D eigenvalue weighted by Gasteiger charge is -2.38. The van der Waals surface area contributed by atoms with Crippen LogP contribution in [0.2, 0.25) is 0 Å². The van der Waals surface area contributed by atoms with E-state index in [1.165, 1.54) is 0 Å². The summed E-state index contributed by atoms with van der Waals surface area (Å²) in [6.07, 6.45) is 0.553. The summed E-state index contributed by atoms with van der Waals surface area (Å²) >= 11 is 0. The molecule has 1 aliphatic rings. The molecule has 1 aromatic rings. The lowest BCUT2D eigenvalue weighted by atomic mass is 9.70. The van der Waals surface area contributed by atoms with Crippen molar-refractivity contribution in [1.82, 2.24) is 0 Å². The molecule has 1 aromatic carbocycles. The van der Waals surface area contributed by atoms with Gasteiger partial charge in [-0.15, -0.1) is 0 Å². The summed E-state index contributed by atoms with van der Waals surface area (Å²) in [6, 6.07) is 7.32. The maximum atomic E-state index is 12.2. The number of benzene rings is 1. The van der Waals surface area contributed by atoms with Gasteiger partial charge in [-0.1, -0.05) is 17.7 Å². The summed E-state index contributed by atoms with van der Waals surface area (Å²) in [6.45, 7) is 5.48. The van der Waals surface area contributed by atoms with E-state index in [-0.39, 0.29) is 11.0 Å². The molecule has 0 unspecified atom stereocenters. The molecule has 1 aliphatic carbocycles. The molecule has 2 rings (SSSR count). The lowest BCUT2D eigenvalue weighted by Crippen LogP contribution is -2.40. The zero-order valence-corrected chi connectivity index (χ0v) is 12.1. The summed E-state index contributed by atoms with van der Waals surface area (Å²) < 4.78 is 29.5. The number of hydrogen-bond acceptors (Lipinski definition) is 4. The molecule has 102 valence electrons. The largest absolute Gasteiger partial charge is 0.297 e. The highest BCUT2D eigenvalue weighted by Gasteiger charge is 2.43. The van der Waals surface area contributed by atoms with E-state index in [1.54, 1.807) is 19.1 Å². The quantitative estimate of drug-likeness (QED) is 0.798. The van der Waals surface area contributed by atoms with E-state index in [0.29, 0.717) is 18.4 Å². The Labute approximate surface area is 114 Å². The molecule has 0 aliphatic heterocycles. The van der Waals surface area contributed by atoms with E-state index in [2.05, 4.69) is 6.07 Å². The Bertz CT molecular complexity index is 637. The monoisotopic (exact) mass is 279 g/mol. The van der Waals surface area contributed by atoms with Crippen molar-refractivity contribution in [2.24, 2.45) is 5.41 Å². The van der Waals surface area contributed by atoms with Crippen LogP contribution in [-0.2, 0) is 14.3 Å². The molecule has 5 heteroatoms. The molecule has 0 radical (unpaired) electrons. The molecule has 0 heterocycles. The van der Waals surface area contributed by atoms with Gasteiger partial charge in [-0.2, -0.15) is 13.7 Å². The molecule has 1 fully saturated rings. The first kappa shape index (κ1) is 14.0. The Morgan fingerprint density at radius 3 is 2.53 bits per heavy atom. The van der Waals surface area contributed by atoms with Gasteiger partial charge >= 0.3 is 0 Å². The van der Waals surface area contributed by atoms with Crippen LogP contribution in [0.15, 0.2) is 23.1 Å². The molecular weight excluding hydrogens is 262 g/mol. The highest BCUT2D eigenvalue weighted by Crippen LogP contribution is 2.43. The molecule has 4 nitrogen and oxygen atoms in total. The van der Waals surface area contributed by atoms with Crippen LogP contribution in [0.3, 0.4) is 0 Å². The van der Waals surface area contributed by atoms with Gasteiger partial charge in [0.25, 0.3) is 10.1 Å². The Balaban J connectivity index is 2.14. The second-order valence-corrected chi connectivity index (χ2v) is 7.06. The third-order valence-electron chi connectivity index (χ3n) is 3.49. The van der Waals surface area contributed by atoms with E-state index < -0.39 is 15.5 Å². The Morgan fingerprint density at radius 1 is 1.37 bits per heavy atom. The predicted molar refractivity (Wildman–Crippen MR) is 70.9 cm³/mol. The molecular formula is C14H17NO3S. The van der Waals surface area contributed by atoms with Crippen molar-refractivity contribution in [3.8, 4) is 6.07 Å². The maximum absolute atomic E-state index is 12.2. The molecule has 0 amide bonds. The van der Waals surface area contributed by atoms with Crippen molar-refractivity contribution < 1.29 is 12.6 Å². The van der Waals surface area contributed by atoms with Gasteiger partial charge < -0.3 is 0 Å². The van der Waals surface area contributed by atoms with Gasteiger partial charge in [0, 0.05) is 0 Å². The predicted octanol–water partition coefficient (Wildman–Crippen LogP) is 2.70. The SMILES string of the molecule is Cc1ccc(S(=O)(=O)OC2CC(C)(C#N)C2)c(C)c1. The molecule has 19 heavy (non-hydrogen) atoms. The second-order valence-electron chi connectivity index (χ2n) is 5.52. The van der Waals surface area contributed by atoms with Gasteiger partial charge in [-0.3, -0.25) is 4.18 Å². The summed E-state index contributed by atoms with van der Waals surface area (Å²) in [7, 11) is -3.74. The average molecular weight is 279 g/mol. The van der Waals surface area contributed by atoms with Crippen molar-refractivity contribution in [3.63, 3.8) is 0 Å². The van der Waals surface area contributed by atoms with Crippen molar-refractivity contribution in [2.75, 3.05) is 0 Å². The fourth-order valence-corrected chi connectivity index (χ4v) is 3.70. The number of hydrogen-bond donors (Lipinski definition) is 0. The van der Waals surface area contributed by atoms with E-state index in [9.17, 15) is 8.42 Å². The van der Waals surface area contributed by atoms with Gasteiger partial charge in [-0.25, -0.2) is 0 Å². The third kappa shape index (κ3) is 2.80. The zero-order chi connectivity index (χ0) is 14.3. The molecule has 0 N–H and O–H groups in total. The number of rotatable bonds is 3.